The highest BCUT2D eigenvalue weighted by molar-refractivity contribution is 9.10. The van der Waals surface area contributed by atoms with E-state index in [9.17, 15) is 9.90 Å². The molecule has 0 spiro atoms. The van der Waals surface area contributed by atoms with E-state index >= 15 is 0 Å². The van der Waals surface area contributed by atoms with Crippen LogP contribution in [0.2, 0.25) is 0 Å². The first-order valence-corrected chi connectivity index (χ1v) is 7.10. The largest absolute Gasteiger partial charge is 0.480 e. The van der Waals surface area contributed by atoms with Crippen molar-refractivity contribution >= 4 is 27.6 Å². The molecule has 1 rings (SSSR count). The Bertz CT molecular complexity index is 383. The van der Waals surface area contributed by atoms with Gasteiger partial charge in [-0.1, -0.05) is 42.6 Å². The quantitative estimate of drug-likeness (QED) is 0.789. The van der Waals surface area contributed by atoms with Crippen molar-refractivity contribution in [3.8, 4) is 0 Å². The van der Waals surface area contributed by atoms with Gasteiger partial charge in [-0.3, -0.25) is 0 Å². The minimum atomic E-state index is -0.850. The summed E-state index contributed by atoms with van der Waals surface area (Å²) < 4.78 is 0.986. The summed E-state index contributed by atoms with van der Waals surface area (Å²) in [7, 11) is 0. The highest BCUT2D eigenvalue weighted by Gasteiger charge is 2.36. The normalized spacial score (nSPS) is 11.3. The summed E-state index contributed by atoms with van der Waals surface area (Å²) in [6.07, 6.45) is 2.95. The zero-order valence-electron chi connectivity index (χ0n) is 10.9. The first kappa shape index (κ1) is 15.0. The van der Waals surface area contributed by atoms with Crippen LogP contribution in [0.3, 0.4) is 0 Å². The zero-order chi connectivity index (χ0) is 13.6. The number of rotatable bonds is 7. The van der Waals surface area contributed by atoms with E-state index in [0.29, 0.717) is 12.8 Å². The van der Waals surface area contributed by atoms with Gasteiger partial charge in [0.2, 0.25) is 0 Å². The third-order valence-corrected chi connectivity index (χ3v) is 3.52. The molecule has 0 heterocycles. The van der Waals surface area contributed by atoms with Crippen LogP contribution < -0.4 is 5.32 Å². The second-order valence-corrected chi connectivity index (χ2v) is 5.43. The minimum absolute atomic E-state index is 0.631. The molecule has 1 aromatic carbocycles. The molecule has 0 radical (unpaired) electrons. The van der Waals surface area contributed by atoms with E-state index in [1.54, 1.807) is 0 Å². The van der Waals surface area contributed by atoms with Gasteiger partial charge in [0.25, 0.3) is 0 Å². The van der Waals surface area contributed by atoms with Gasteiger partial charge in [-0.05, 0) is 37.1 Å². The molecule has 0 aliphatic rings. The van der Waals surface area contributed by atoms with Gasteiger partial charge in [0.05, 0.1) is 0 Å². The monoisotopic (exact) mass is 313 g/mol. The van der Waals surface area contributed by atoms with Crippen LogP contribution in [0, 0.1) is 0 Å². The van der Waals surface area contributed by atoms with Crippen molar-refractivity contribution in [2.24, 2.45) is 0 Å². The van der Waals surface area contributed by atoms with Crippen LogP contribution in [0.25, 0.3) is 0 Å². The first-order chi connectivity index (χ1) is 8.54. The van der Waals surface area contributed by atoms with Gasteiger partial charge >= 0.3 is 5.97 Å². The third kappa shape index (κ3) is 3.73. The third-order valence-electron chi connectivity index (χ3n) is 2.99. The Morgan fingerprint density at radius 2 is 1.72 bits per heavy atom. The molecule has 0 fully saturated rings. The number of hydrogen-bond donors (Lipinski definition) is 2. The van der Waals surface area contributed by atoms with E-state index in [1.807, 2.05) is 38.1 Å². The molecule has 3 nitrogen and oxygen atoms in total. The summed E-state index contributed by atoms with van der Waals surface area (Å²) in [5, 5.41) is 12.7. The number of nitrogens with one attached hydrogen (secondary N) is 1. The van der Waals surface area contributed by atoms with Crippen LogP contribution in [0.15, 0.2) is 28.7 Å². The maximum absolute atomic E-state index is 11.6. The summed E-state index contributed by atoms with van der Waals surface area (Å²) in [6, 6.07) is 7.61. The number of carbonyl (C=O) groups is 1. The van der Waals surface area contributed by atoms with Gasteiger partial charge in [-0.15, -0.1) is 0 Å². The molecule has 0 saturated heterocycles. The van der Waals surface area contributed by atoms with E-state index in [-0.39, 0.29) is 0 Å². The van der Waals surface area contributed by atoms with E-state index in [4.69, 9.17) is 0 Å². The van der Waals surface area contributed by atoms with Gasteiger partial charge in [-0.2, -0.15) is 0 Å². The Kier molecular flexibility index (Phi) is 5.66. The first-order valence-electron chi connectivity index (χ1n) is 6.31. The summed E-state index contributed by atoms with van der Waals surface area (Å²) >= 11 is 3.37. The fraction of sp³-hybridized carbons (Fsp3) is 0.500. The smallest absolute Gasteiger partial charge is 0.329 e. The van der Waals surface area contributed by atoms with Gasteiger partial charge in [-0.25, -0.2) is 4.79 Å². The van der Waals surface area contributed by atoms with Crippen molar-refractivity contribution in [3.63, 3.8) is 0 Å². The molecule has 0 aliphatic heterocycles. The number of halogens is 1. The lowest BCUT2D eigenvalue weighted by Gasteiger charge is -2.31. The lowest BCUT2D eigenvalue weighted by Crippen LogP contribution is -2.46. The second kappa shape index (κ2) is 6.78. The second-order valence-electron chi connectivity index (χ2n) is 4.52. The molecule has 0 saturated carbocycles. The predicted octanol–water partition coefficient (Wildman–Crippen LogP) is 4.28. The number of benzene rings is 1. The summed E-state index contributed by atoms with van der Waals surface area (Å²) in [6.45, 7) is 4.02. The fourth-order valence-electron chi connectivity index (χ4n) is 2.18. The van der Waals surface area contributed by atoms with Crippen LogP contribution in [-0.4, -0.2) is 16.6 Å². The Labute approximate surface area is 117 Å². The zero-order valence-corrected chi connectivity index (χ0v) is 12.5. The SMILES string of the molecule is CCCC(CCC)(Nc1ccc(Br)cc1)C(=O)O. The lowest BCUT2D eigenvalue weighted by molar-refractivity contribution is -0.142. The van der Waals surface area contributed by atoms with E-state index in [2.05, 4.69) is 21.2 Å². The topological polar surface area (TPSA) is 49.3 Å². The van der Waals surface area contributed by atoms with Crippen molar-refractivity contribution in [1.82, 2.24) is 0 Å². The molecule has 0 atom stereocenters. The summed E-state index contributed by atoms with van der Waals surface area (Å²) in [5.41, 5.74) is -0.000334. The molecule has 0 aliphatic carbocycles. The van der Waals surface area contributed by atoms with Crippen molar-refractivity contribution in [3.05, 3.63) is 28.7 Å². The Balaban J connectivity index is 2.95. The van der Waals surface area contributed by atoms with Crippen LogP contribution in [-0.2, 0) is 4.79 Å². The molecule has 0 amide bonds. The van der Waals surface area contributed by atoms with E-state index in [1.165, 1.54) is 0 Å². The molecule has 100 valence electrons. The lowest BCUT2D eigenvalue weighted by atomic mass is 9.88. The molecular formula is C14H20BrNO2. The van der Waals surface area contributed by atoms with Crippen molar-refractivity contribution in [2.45, 2.75) is 45.1 Å². The van der Waals surface area contributed by atoms with Crippen LogP contribution >= 0.6 is 15.9 Å². The molecule has 4 heteroatoms. The maximum Gasteiger partial charge on any atom is 0.329 e. The molecular weight excluding hydrogens is 294 g/mol. The number of carboxylic acids is 1. The summed E-state index contributed by atoms with van der Waals surface area (Å²) in [4.78, 5) is 11.6. The van der Waals surface area contributed by atoms with E-state index < -0.39 is 11.5 Å². The van der Waals surface area contributed by atoms with Gasteiger partial charge in [0, 0.05) is 10.2 Å². The molecule has 18 heavy (non-hydrogen) atoms. The van der Waals surface area contributed by atoms with Gasteiger partial charge in [0.15, 0.2) is 0 Å². The minimum Gasteiger partial charge on any atom is -0.480 e. The Morgan fingerprint density at radius 1 is 1.22 bits per heavy atom. The molecule has 0 unspecified atom stereocenters. The van der Waals surface area contributed by atoms with Crippen LogP contribution in [0.4, 0.5) is 5.69 Å². The molecule has 1 aromatic rings. The van der Waals surface area contributed by atoms with Crippen molar-refractivity contribution in [2.75, 3.05) is 5.32 Å². The Morgan fingerprint density at radius 3 is 2.11 bits per heavy atom. The number of anilines is 1. The number of aliphatic carboxylic acids is 1. The average Bonchev–Trinajstić information content (AvgIpc) is 2.32. The van der Waals surface area contributed by atoms with E-state index in [0.717, 1.165) is 23.0 Å². The fourth-order valence-corrected chi connectivity index (χ4v) is 2.44. The van der Waals surface area contributed by atoms with Crippen LogP contribution in [0.1, 0.15) is 39.5 Å². The van der Waals surface area contributed by atoms with Crippen molar-refractivity contribution in [1.29, 1.82) is 0 Å². The van der Waals surface area contributed by atoms with Crippen LogP contribution in [0.5, 0.6) is 0 Å². The number of hydrogen-bond acceptors (Lipinski definition) is 2. The highest BCUT2D eigenvalue weighted by atomic mass is 79.9. The summed E-state index contributed by atoms with van der Waals surface area (Å²) in [5.74, 6) is -0.769. The molecule has 2 N–H and O–H groups in total. The van der Waals surface area contributed by atoms with Gasteiger partial charge < -0.3 is 10.4 Å². The standard InChI is InChI=1S/C14H20BrNO2/c1-3-9-14(10-4-2,13(17)18)16-12-7-5-11(15)6-8-12/h5-8,16H,3-4,9-10H2,1-2H3,(H,17,18). The number of carboxylic acid groups (broad SMARTS) is 1. The molecule has 0 aromatic heterocycles. The highest BCUT2D eigenvalue weighted by Crippen LogP contribution is 2.26. The van der Waals surface area contributed by atoms with Crippen molar-refractivity contribution < 1.29 is 9.90 Å². The van der Waals surface area contributed by atoms with Gasteiger partial charge in [0.1, 0.15) is 5.54 Å². The predicted molar refractivity (Wildman–Crippen MR) is 77.9 cm³/mol. The maximum atomic E-state index is 11.6. The average molecular weight is 314 g/mol. The Hall–Kier alpha value is -1.03. The molecule has 0 bridgehead atoms.